The first-order valence-corrected chi connectivity index (χ1v) is 8.94. The van der Waals surface area contributed by atoms with Crippen molar-refractivity contribution in [3.8, 4) is 20.2 Å². The third kappa shape index (κ3) is 3.64. The molecule has 0 aromatic carbocycles. The molecule has 0 saturated heterocycles. The second kappa shape index (κ2) is 7.26. The normalized spacial score (nSPS) is 9.90. The Bertz CT molecular complexity index is 669. The largest absolute Gasteiger partial charge is 0.262 e. The van der Waals surface area contributed by atoms with Gasteiger partial charge >= 0.3 is 0 Å². The average Bonchev–Trinajstić information content (AvgIpc) is 3.29. The minimum atomic E-state index is 1.36. The topological polar surface area (TPSA) is 25.8 Å². The monoisotopic (exact) mass is 328 g/mol. The van der Waals surface area contributed by atoms with Crippen LogP contribution in [0.15, 0.2) is 71.3 Å². The van der Waals surface area contributed by atoms with E-state index in [0.29, 0.717) is 0 Å². The van der Waals surface area contributed by atoms with Crippen LogP contribution in [0.5, 0.6) is 0 Å². The summed E-state index contributed by atoms with van der Waals surface area (Å²) in [5, 5.41) is 6.43. The fraction of sp³-hybridized carbons (Fsp3) is 0. The van der Waals surface area contributed by atoms with Gasteiger partial charge in [0.2, 0.25) is 0 Å². The lowest BCUT2D eigenvalue weighted by atomic mass is 10.2. The molecule has 4 heterocycles. The molecule has 0 N–H and O–H groups in total. The van der Waals surface area contributed by atoms with E-state index >= 15 is 0 Å². The van der Waals surface area contributed by atoms with E-state index in [2.05, 4.69) is 56.4 Å². The summed E-state index contributed by atoms with van der Waals surface area (Å²) in [7, 11) is 0. The first-order chi connectivity index (χ1) is 10.4. The van der Waals surface area contributed by atoms with Gasteiger partial charge in [-0.25, -0.2) is 0 Å². The van der Waals surface area contributed by atoms with Gasteiger partial charge in [0, 0.05) is 40.1 Å². The maximum Gasteiger partial charge on any atom is 0.0529 e. The molecule has 0 bridgehead atoms. The van der Waals surface area contributed by atoms with Gasteiger partial charge in [-0.1, -0.05) is 12.1 Å². The van der Waals surface area contributed by atoms with E-state index in [1.54, 1.807) is 36.1 Å². The Morgan fingerprint density at radius 3 is 1.76 bits per heavy atom. The van der Waals surface area contributed by atoms with E-state index in [4.69, 9.17) is 0 Å². The summed E-state index contributed by atoms with van der Waals surface area (Å²) in [5.41, 5.74) is 1.37. The Hall–Kier alpha value is -1.82. The highest BCUT2D eigenvalue weighted by Crippen LogP contribution is 2.40. The van der Waals surface area contributed by atoms with Crippen molar-refractivity contribution in [1.82, 2.24) is 9.97 Å². The first-order valence-electron chi connectivity index (χ1n) is 6.30. The minimum absolute atomic E-state index is 1.36. The number of rotatable bonds is 2. The Morgan fingerprint density at radius 2 is 1.24 bits per heavy atom. The van der Waals surface area contributed by atoms with Gasteiger partial charge in [0.25, 0.3) is 0 Å². The molecule has 0 fully saturated rings. The van der Waals surface area contributed by atoms with Gasteiger partial charge in [-0.3, -0.25) is 9.97 Å². The van der Waals surface area contributed by atoms with Gasteiger partial charge in [0.15, 0.2) is 0 Å². The second-order valence-electron chi connectivity index (χ2n) is 4.01. The summed E-state index contributed by atoms with van der Waals surface area (Å²) in [6.45, 7) is 0. The lowest BCUT2D eigenvalue weighted by molar-refractivity contribution is 1.20. The van der Waals surface area contributed by atoms with Crippen LogP contribution in [0.1, 0.15) is 0 Å². The van der Waals surface area contributed by atoms with E-state index in [-0.39, 0.29) is 0 Å². The highest BCUT2D eigenvalue weighted by Gasteiger charge is 2.09. The van der Waals surface area contributed by atoms with Gasteiger partial charge < -0.3 is 0 Å². The lowest BCUT2D eigenvalue weighted by Gasteiger charge is -1.97. The quantitative estimate of drug-likeness (QED) is 0.473. The molecule has 4 rings (SSSR count). The molecule has 0 unspecified atom stereocenters. The molecular weight excluding hydrogens is 316 g/mol. The predicted molar refractivity (Wildman–Crippen MR) is 93.0 cm³/mol. The average molecular weight is 328 g/mol. The van der Waals surface area contributed by atoms with Gasteiger partial charge in [-0.15, -0.1) is 34.0 Å². The number of hydrogen-bond acceptors (Lipinski definition) is 5. The summed E-state index contributed by atoms with van der Waals surface area (Å²) in [4.78, 5) is 11.6. The van der Waals surface area contributed by atoms with Crippen LogP contribution in [-0.2, 0) is 0 Å². The van der Waals surface area contributed by atoms with Crippen LogP contribution in [0, 0.1) is 0 Å². The van der Waals surface area contributed by atoms with E-state index in [0.717, 1.165) is 0 Å². The Kier molecular flexibility index (Phi) is 4.89. The molecule has 0 amide bonds. The van der Waals surface area contributed by atoms with Crippen molar-refractivity contribution < 1.29 is 0 Å². The second-order valence-corrected chi connectivity index (χ2v) is 6.82. The van der Waals surface area contributed by atoms with Crippen molar-refractivity contribution in [2.75, 3.05) is 0 Å². The van der Waals surface area contributed by atoms with E-state index in [9.17, 15) is 0 Å². The van der Waals surface area contributed by atoms with E-state index in [1.165, 1.54) is 20.2 Å². The van der Waals surface area contributed by atoms with Crippen LogP contribution in [0.4, 0.5) is 0 Å². The smallest absolute Gasteiger partial charge is 0.0529 e. The molecule has 4 aromatic rings. The Morgan fingerprint density at radius 1 is 0.619 bits per heavy atom. The molecule has 0 saturated carbocycles. The fourth-order valence-electron chi connectivity index (χ4n) is 1.79. The number of nitrogens with zero attached hydrogens (tertiary/aromatic N) is 2. The lowest BCUT2D eigenvalue weighted by Crippen LogP contribution is -1.69. The van der Waals surface area contributed by atoms with Crippen molar-refractivity contribution in [3.63, 3.8) is 0 Å². The van der Waals surface area contributed by atoms with Crippen molar-refractivity contribution >= 4 is 34.0 Å². The number of thiophene rings is 3. The molecule has 0 aliphatic heterocycles. The molecule has 0 aliphatic rings. The van der Waals surface area contributed by atoms with Crippen LogP contribution in [0.3, 0.4) is 0 Å². The third-order valence-electron chi connectivity index (χ3n) is 2.67. The van der Waals surface area contributed by atoms with Crippen molar-refractivity contribution in [2.45, 2.75) is 0 Å². The Balaban J connectivity index is 0.000000186. The summed E-state index contributed by atoms with van der Waals surface area (Å²) < 4.78 is 0. The van der Waals surface area contributed by atoms with Gasteiger partial charge in [0.05, 0.1) is 4.88 Å². The molecule has 104 valence electrons. The molecule has 0 spiro atoms. The van der Waals surface area contributed by atoms with Crippen LogP contribution in [-0.4, -0.2) is 9.97 Å². The van der Waals surface area contributed by atoms with Crippen molar-refractivity contribution in [3.05, 3.63) is 71.3 Å². The minimum Gasteiger partial charge on any atom is -0.262 e. The highest BCUT2D eigenvalue weighted by atomic mass is 32.1. The molecule has 5 heteroatoms. The summed E-state index contributed by atoms with van der Waals surface area (Å²) >= 11 is 5.43. The number of aromatic nitrogens is 2. The zero-order valence-electron chi connectivity index (χ0n) is 11.0. The fourth-order valence-corrected chi connectivity index (χ4v) is 4.41. The van der Waals surface area contributed by atoms with Gasteiger partial charge in [-0.2, -0.15) is 0 Å². The third-order valence-corrected chi connectivity index (χ3v) is 5.54. The molecule has 0 aliphatic carbocycles. The van der Waals surface area contributed by atoms with Crippen LogP contribution in [0.2, 0.25) is 0 Å². The van der Waals surface area contributed by atoms with E-state index < -0.39 is 0 Å². The molecule has 4 aromatic heterocycles. The summed E-state index contributed by atoms with van der Waals surface area (Å²) in [5.74, 6) is 0. The van der Waals surface area contributed by atoms with Crippen LogP contribution in [0.25, 0.3) is 20.2 Å². The maximum absolute atomic E-state index is 3.72. The Labute approximate surface area is 135 Å². The molecule has 0 atom stereocenters. The van der Waals surface area contributed by atoms with Crippen LogP contribution < -0.4 is 0 Å². The number of hydrogen-bond donors (Lipinski definition) is 0. The maximum atomic E-state index is 3.72. The highest BCUT2D eigenvalue weighted by molar-refractivity contribution is 7.21. The molecule has 2 nitrogen and oxygen atoms in total. The van der Waals surface area contributed by atoms with E-state index in [1.807, 2.05) is 22.7 Å². The zero-order valence-corrected chi connectivity index (χ0v) is 13.5. The summed E-state index contributed by atoms with van der Waals surface area (Å²) in [6.07, 6.45) is 6.56. The van der Waals surface area contributed by atoms with Crippen LogP contribution >= 0.6 is 34.0 Å². The standard InChI is InChI=1S/C12H8S3.C4H4N2/c1-3-10(13-6-1)9-5-8-15-12(9)11-4-2-7-14-11;1-2-6-4-3-5-1/h1-8H;1-4H. The summed E-state index contributed by atoms with van der Waals surface area (Å²) in [6, 6.07) is 10.8. The van der Waals surface area contributed by atoms with Gasteiger partial charge in [-0.05, 0) is 34.3 Å². The molecular formula is C16H12N2S3. The predicted octanol–water partition coefficient (Wildman–Crippen LogP) is 5.68. The zero-order chi connectivity index (χ0) is 14.3. The molecule has 21 heavy (non-hydrogen) atoms. The van der Waals surface area contributed by atoms with Crippen molar-refractivity contribution in [2.24, 2.45) is 0 Å². The van der Waals surface area contributed by atoms with Crippen molar-refractivity contribution in [1.29, 1.82) is 0 Å². The first kappa shape index (κ1) is 14.1. The van der Waals surface area contributed by atoms with Gasteiger partial charge in [0.1, 0.15) is 0 Å². The molecule has 0 radical (unpaired) electrons. The SMILES string of the molecule is c1cnccn1.c1csc(-c2ccsc2-c2cccs2)c1.